The maximum absolute atomic E-state index is 14.3. The van der Waals surface area contributed by atoms with Crippen LogP contribution in [-0.4, -0.2) is 31.8 Å². The molecule has 116 valence electrons. The fourth-order valence-electron chi connectivity index (χ4n) is 2.61. The number of rotatable bonds is 3. The number of halogens is 2. The summed E-state index contributed by atoms with van der Waals surface area (Å²) < 4.78 is 37.1. The smallest absolute Gasteiger partial charge is 0.257 e. The second kappa shape index (κ2) is 5.90. The monoisotopic (exact) mass is 334 g/mol. The third-order valence-corrected chi connectivity index (χ3v) is 4.78. The van der Waals surface area contributed by atoms with Crippen LogP contribution in [0.25, 0.3) is 0 Å². The molecule has 1 saturated heterocycles. The van der Waals surface area contributed by atoms with Crippen LogP contribution in [0.15, 0.2) is 17.0 Å². The molecule has 1 heterocycles. The lowest BCUT2D eigenvalue weighted by molar-refractivity contribution is 0.0728. The third kappa shape index (κ3) is 3.20. The van der Waals surface area contributed by atoms with Crippen molar-refractivity contribution < 1.29 is 17.6 Å². The maximum Gasteiger partial charge on any atom is 0.257 e. The minimum atomic E-state index is -4.28. The van der Waals surface area contributed by atoms with Crippen molar-refractivity contribution in [3.8, 4) is 0 Å². The molecule has 2 N–H and O–H groups in total. The highest BCUT2D eigenvalue weighted by molar-refractivity contribution is 7.89. The first kappa shape index (κ1) is 16.2. The van der Waals surface area contributed by atoms with E-state index in [2.05, 4.69) is 0 Å². The second-order valence-corrected chi connectivity index (χ2v) is 6.98. The quantitative estimate of drug-likeness (QED) is 0.919. The van der Waals surface area contributed by atoms with Gasteiger partial charge in [-0.3, -0.25) is 4.79 Å². The van der Waals surface area contributed by atoms with Crippen LogP contribution in [-0.2, 0) is 10.0 Å². The Morgan fingerprint density at radius 2 is 2.19 bits per heavy atom. The van der Waals surface area contributed by atoms with E-state index < -0.39 is 26.6 Å². The highest BCUT2D eigenvalue weighted by atomic mass is 35.5. The molecule has 0 radical (unpaired) electrons. The van der Waals surface area contributed by atoms with Crippen molar-refractivity contribution >= 4 is 27.5 Å². The second-order valence-electron chi connectivity index (χ2n) is 5.01. The Hall–Kier alpha value is -1.18. The summed E-state index contributed by atoms with van der Waals surface area (Å²) >= 11 is 5.79. The van der Waals surface area contributed by atoms with Gasteiger partial charge in [0.25, 0.3) is 5.91 Å². The molecule has 1 aromatic carbocycles. The van der Waals surface area contributed by atoms with E-state index in [1.165, 1.54) is 0 Å². The number of nitrogens with zero attached hydrogens (tertiary/aromatic N) is 1. The number of nitrogens with two attached hydrogens (primary N) is 1. The van der Waals surface area contributed by atoms with Crippen LogP contribution in [0.3, 0.4) is 0 Å². The van der Waals surface area contributed by atoms with Crippen LogP contribution >= 0.6 is 11.6 Å². The Morgan fingerprint density at radius 1 is 1.52 bits per heavy atom. The van der Waals surface area contributed by atoms with Crippen molar-refractivity contribution in [3.63, 3.8) is 0 Å². The van der Waals surface area contributed by atoms with E-state index in [0.717, 1.165) is 31.4 Å². The first-order valence-electron chi connectivity index (χ1n) is 6.58. The van der Waals surface area contributed by atoms with E-state index in [9.17, 15) is 17.6 Å². The fraction of sp³-hybridized carbons (Fsp3) is 0.462. The topological polar surface area (TPSA) is 80.5 Å². The minimum absolute atomic E-state index is 0.0359. The lowest BCUT2D eigenvalue weighted by Crippen LogP contribution is -2.36. The number of likely N-dealkylation sites (tertiary alicyclic amines) is 1. The van der Waals surface area contributed by atoms with Crippen LogP contribution in [0.1, 0.15) is 36.5 Å². The van der Waals surface area contributed by atoms with Gasteiger partial charge in [-0.1, -0.05) is 18.5 Å². The zero-order valence-corrected chi connectivity index (χ0v) is 13.0. The number of hydrogen-bond donors (Lipinski definition) is 1. The molecule has 0 saturated carbocycles. The first-order chi connectivity index (χ1) is 9.75. The molecular formula is C13H16ClFN2O3S. The molecule has 21 heavy (non-hydrogen) atoms. The van der Waals surface area contributed by atoms with Gasteiger partial charge in [-0.05, 0) is 31.4 Å². The van der Waals surface area contributed by atoms with Crippen molar-refractivity contribution in [2.45, 2.75) is 37.1 Å². The van der Waals surface area contributed by atoms with Gasteiger partial charge in [-0.2, -0.15) is 0 Å². The van der Waals surface area contributed by atoms with Gasteiger partial charge in [-0.15, -0.1) is 0 Å². The Labute approximate surface area is 127 Å². The van der Waals surface area contributed by atoms with Gasteiger partial charge in [0.1, 0.15) is 4.90 Å². The number of sulfonamides is 1. The molecule has 0 bridgehead atoms. The van der Waals surface area contributed by atoms with Crippen molar-refractivity contribution in [2.75, 3.05) is 6.54 Å². The lowest BCUT2D eigenvalue weighted by atomic mass is 10.1. The predicted octanol–water partition coefficient (Wildman–Crippen LogP) is 2.14. The van der Waals surface area contributed by atoms with Crippen LogP contribution < -0.4 is 5.14 Å². The first-order valence-corrected chi connectivity index (χ1v) is 8.51. The summed E-state index contributed by atoms with van der Waals surface area (Å²) in [4.78, 5) is 13.3. The normalized spacial score (nSPS) is 19.0. The van der Waals surface area contributed by atoms with Crippen LogP contribution in [0.2, 0.25) is 5.02 Å². The summed E-state index contributed by atoms with van der Waals surface area (Å²) in [6.45, 7) is 2.47. The molecule has 1 fully saturated rings. The average molecular weight is 335 g/mol. The van der Waals surface area contributed by atoms with Crippen molar-refractivity contribution in [1.29, 1.82) is 0 Å². The van der Waals surface area contributed by atoms with Crippen molar-refractivity contribution in [3.05, 3.63) is 28.5 Å². The minimum Gasteiger partial charge on any atom is -0.336 e. The molecule has 1 amide bonds. The van der Waals surface area contributed by atoms with Gasteiger partial charge in [0, 0.05) is 17.6 Å². The van der Waals surface area contributed by atoms with Gasteiger partial charge >= 0.3 is 0 Å². The van der Waals surface area contributed by atoms with Crippen LogP contribution in [0, 0.1) is 5.82 Å². The lowest BCUT2D eigenvalue weighted by Gasteiger charge is -2.24. The van der Waals surface area contributed by atoms with Crippen LogP contribution in [0.5, 0.6) is 0 Å². The molecule has 0 spiro atoms. The molecule has 1 unspecified atom stereocenters. The number of carbonyl (C=O) groups excluding carboxylic acids is 1. The predicted molar refractivity (Wildman–Crippen MR) is 77.1 cm³/mol. The summed E-state index contributed by atoms with van der Waals surface area (Å²) in [7, 11) is -4.28. The van der Waals surface area contributed by atoms with E-state index >= 15 is 0 Å². The van der Waals surface area contributed by atoms with Gasteiger partial charge in [-0.25, -0.2) is 17.9 Å². The number of hydrogen-bond acceptors (Lipinski definition) is 3. The van der Waals surface area contributed by atoms with E-state index in [4.69, 9.17) is 16.7 Å². The van der Waals surface area contributed by atoms with Crippen molar-refractivity contribution in [2.24, 2.45) is 5.14 Å². The number of benzene rings is 1. The summed E-state index contributed by atoms with van der Waals surface area (Å²) in [6.07, 6.45) is 2.46. The van der Waals surface area contributed by atoms with E-state index in [0.29, 0.717) is 6.54 Å². The van der Waals surface area contributed by atoms with Gasteiger partial charge in [0.05, 0.1) is 5.56 Å². The van der Waals surface area contributed by atoms with E-state index in [1.54, 1.807) is 4.90 Å². The molecule has 0 aromatic heterocycles. The van der Waals surface area contributed by atoms with Gasteiger partial charge in [0.2, 0.25) is 10.0 Å². The summed E-state index contributed by atoms with van der Waals surface area (Å²) in [5.74, 6) is -1.70. The van der Waals surface area contributed by atoms with Crippen LogP contribution in [0.4, 0.5) is 4.39 Å². The summed E-state index contributed by atoms with van der Waals surface area (Å²) in [5, 5.41) is 4.91. The highest BCUT2D eigenvalue weighted by Crippen LogP contribution is 2.27. The largest absolute Gasteiger partial charge is 0.336 e. The van der Waals surface area contributed by atoms with Crippen molar-refractivity contribution in [1.82, 2.24) is 4.90 Å². The van der Waals surface area contributed by atoms with E-state index in [1.807, 2.05) is 6.92 Å². The zero-order valence-electron chi connectivity index (χ0n) is 11.5. The highest BCUT2D eigenvalue weighted by Gasteiger charge is 2.31. The SMILES string of the molecule is CCC1CCCN1C(=O)c1cc(Cl)cc(S(N)(=O)=O)c1F. The summed E-state index contributed by atoms with van der Waals surface area (Å²) in [5.41, 5.74) is -0.355. The number of primary sulfonamides is 1. The molecule has 1 aliphatic rings. The Morgan fingerprint density at radius 3 is 2.76 bits per heavy atom. The van der Waals surface area contributed by atoms with Gasteiger partial charge < -0.3 is 4.90 Å². The molecule has 8 heteroatoms. The standard InChI is InChI=1S/C13H16ClFN2O3S/c1-2-9-4-3-5-17(9)13(18)10-6-8(14)7-11(12(10)15)21(16,19)20/h6-7,9H,2-5H2,1H3,(H2,16,19,20). The maximum atomic E-state index is 14.3. The molecule has 1 aromatic rings. The molecule has 0 aliphatic carbocycles. The Bertz CT molecular complexity index is 678. The molecule has 2 rings (SSSR count). The molecular weight excluding hydrogens is 319 g/mol. The number of amides is 1. The molecule has 1 atom stereocenters. The number of carbonyl (C=O) groups is 1. The van der Waals surface area contributed by atoms with E-state index in [-0.39, 0.29) is 16.6 Å². The molecule has 1 aliphatic heterocycles. The third-order valence-electron chi connectivity index (χ3n) is 3.65. The Kier molecular flexibility index (Phi) is 4.55. The zero-order chi connectivity index (χ0) is 15.8. The van der Waals surface area contributed by atoms with Gasteiger partial charge in [0.15, 0.2) is 5.82 Å². The molecule has 5 nitrogen and oxygen atoms in total. The average Bonchev–Trinajstić information content (AvgIpc) is 2.87. The fourth-order valence-corrected chi connectivity index (χ4v) is 3.54. The Balaban J connectivity index is 2.49. The summed E-state index contributed by atoms with van der Waals surface area (Å²) in [6, 6.07) is 2.08.